The maximum Gasteiger partial charge on any atom is 0.246 e. The van der Waals surface area contributed by atoms with Crippen LogP contribution >= 0.6 is 0 Å². The van der Waals surface area contributed by atoms with E-state index in [2.05, 4.69) is 19.2 Å². The predicted octanol–water partition coefficient (Wildman–Crippen LogP) is 1.83. The Labute approximate surface area is 111 Å². The van der Waals surface area contributed by atoms with Gasteiger partial charge < -0.3 is 15.8 Å². The topological polar surface area (TPSA) is 64.3 Å². The lowest BCUT2D eigenvalue weighted by molar-refractivity contribution is -0.133. The van der Waals surface area contributed by atoms with Crippen molar-refractivity contribution in [2.24, 2.45) is 11.7 Å². The Bertz CT molecular complexity index is 271. The molecular formula is C14H28N2O2. The monoisotopic (exact) mass is 256 g/mol. The second-order valence-electron chi connectivity index (χ2n) is 5.78. The van der Waals surface area contributed by atoms with Crippen LogP contribution < -0.4 is 11.1 Å². The van der Waals surface area contributed by atoms with Gasteiger partial charge in [0.05, 0.1) is 5.60 Å². The van der Waals surface area contributed by atoms with Crippen molar-refractivity contribution < 1.29 is 9.53 Å². The van der Waals surface area contributed by atoms with E-state index in [1.807, 2.05) is 6.92 Å². The molecule has 1 aliphatic carbocycles. The highest BCUT2D eigenvalue weighted by Gasteiger charge is 2.37. The van der Waals surface area contributed by atoms with Crippen LogP contribution in [0.15, 0.2) is 0 Å². The van der Waals surface area contributed by atoms with E-state index < -0.39 is 0 Å². The number of nitrogens with two attached hydrogens (primary N) is 1. The van der Waals surface area contributed by atoms with E-state index in [-0.39, 0.29) is 24.2 Å². The molecule has 0 saturated heterocycles. The van der Waals surface area contributed by atoms with E-state index in [9.17, 15) is 4.79 Å². The first-order chi connectivity index (χ1) is 8.51. The highest BCUT2D eigenvalue weighted by molar-refractivity contribution is 5.77. The molecule has 106 valence electrons. The van der Waals surface area contributed by atoms with Gasteiger partial charge in [-0.2, -0.15) is 0 Å². The minimum Gasteiger partial charge on any atom is -0.364 e. The van der Waals surface area contributed by atoms with Crippen molar-refractivity contribution in [3.05, 3.63) is 0 Å². The van der Waals surface area contributed by atoms with Gasteiger partial charge in [-0.05, 0) is 38.5 Å². The molecule has 1 amide bonds. The number of ether oxygens (including phenoxy) is 1. The number of nitrogens with one attached hydrogen (secondary N) is 1. The van der Waals surface area contributed by atoms with Gasteiger partial charge in [0, 0.05) is 12.6 Å². The summed E-state index contributed by atoms with van der Waals surface area (Å²) >= 11 is 0. The van der Waals surface area contributed by atoms with Crippen LogP contribution in [-0.2, 0) is 9.53 Å². The fourth-order valence-electron chi connectivity index (χ4n) is 2.76. The molecule has 0 aliphatic heterocycles. The van der Waals surface area contributed by atoms with Crippen molar-refractivity contribution in [3.63, 3.8) is 0 Å². The van der Waals surface area contributed by atoms with Crippen molar-refractivity contribution in [1.29, 1.82) is 0 Å². The second-order valence-corrected chi connectivity index (χ2v) is 5.78. The van der Waals surface area contributed by atoms with Crippen molar-refractivity contribution in [2.45, 2.75) is 64.5 Å². The number of amides is 1. The third-order valence-corrected chi connectivity index (χ3v) is 3.82. The summed E-state index contributed by atoms with van der Waals surface area (Å²) in [7, 11) is 0. The fraction of sp³-hybridized carbons (Fsp3) is 0.929. The molecule has 3 N–H and O–H groups in total. The predicted molar refractivity (Wildman–Crippen MR) is 73.3 cm³/mol. The lowest BCUT2D eigenvalue weighted by Crippen LogP contribution is -2.43. The van der Waals surface area contributed by atoms with Crippen LogP contribution in [0.1, 0.15) is 52.9 Å². The van der Waals surface area contributed by atoms with Gasteiger partial charge in [-0.3, -0.25) is 4.79 Å². The summed E-state index contributed by atoms with van der Waals surface area (Å²) in [4.78, 5) is 11.7. The van der Waals surface area contributed by atoms with Crippen LogP contribution in [0.4, 0.5) is 0 Å². The number of rotatable bonds is 7. The molecule has 0 aromatic rings. The first-order valence-corrected chi connectivity index (χ1v) is 7.14. The lowest BCUT2D eigenvalue weighted by atomic mass is 10.0. The molecule has 0 aromatic heterocycles. The third kappa shape index (κ3) is 4.58. The van der Waals surface area contributed by atoms with Crippen LogP contribution in [0, 0.1) is 5.92 Å². The van der Waals surface area contributed by atoms with Crippen LogP contribution in [0.2, 0.25) is 0 Å². The molecule has 3 atom stereocenters. The van der Waals surface area contributed by atoms with Crippen LogP contribution in [-0.4, -0.2) is 30.7 Å². The second kappa shape index (κ2) is 7.10. The van der Waals surface area contributed by atoms with Crippen molar-refractivity contribution in [2.75, 3.05) is 13.2 Å². The van der Waals surface area contributed by atoms with Gasteiger partial charge in [-0.25, -0.2) is 0 Å². The Balaban J connectivity index is 2.32. The maximum absolute atomic E-state index is 11.7. The van der Waals surface area contributed by atoms with E-state index in [1.54, 1.807) is 0 Å². The summed E-state index contributed by atoms with van der Waals surface area (Å²) in [6, 6.07) is 0.224. The van der Waals surface area contributed by atoms with E-state index >= 15 is 0 Å². The summed E-state index contributed by atoms with van der Waals surface area (Å²) in [5.74, 6) is 0.624. The summed E-state index contributed by atoms with van der Waals surface area (Å²) in [5.41, 5.74) is 5.55. The first-order valence-electron chi connectivity index (χ1n) is 7.14. The Hall–Kier alpha value is -0.610. The molecule has 0 bridgehead atoms. The zero-order chi connectivity index (χ0) is 13.6. The molecule has 1 rings (SSSR count). The molecule has 1 saturated carbocycles. The van der Waals surface area contributed by atoms with Gasteiger partial charge in [0.2, 0.25) is 5.91 Å². The SMILES string of the molecule is CCCC(C)NC(=O)COC1(CN)CCC(C)C1. The standard InChI is InChI=1S/C14H28N2O2/c1-4-5-12(3)16-13(17)9-18-14(10-15)7-6-11(2)8-14/h11-12H,4-10,15H2,1-3H3,(H,16,17). The maximum atomic E-state index is 11.7. The normalized spacial score (nSPS) is 29.2. The van der Waals surface area contributed by atoms with Crippen LogP contribution in [0.3, 0.4) is 0 Å². The first kappa shape index (κ1) is 15.4. The van der Waals surface area contributed by atoms with E-state index in [1.165, 1.54) is 0 Å². The average molecular weight is 256 g/mol. The molecule has 0 aromatic carbocycles. The quantitative estimate of drug-likeness (QED) is 0.730. The largest absolute Gasteiger partial charge is 0.364 e. The van der Waals surface area contributed by atoms with E-state index in [0.29, 0.717) is 12.5 Å². The number of carbonyl (C=O) groups is 1. The Kier molecular flexibility index (Phi) is 6.09. The molecule has 0 radical (unpaired) electrons. The zero-order valence-electron chi connectivity index (χ0n) is 12.0. The summed E-state index contributed by atoms with van der Waals surface area (Å²) < 4.78 is 5.81. The van der Waals surface area contributed by atoms with Gasteiger partial charge in [-0.15, -0.1) is 0 Å². The Morgan fingerprint density at radius 3 is 2.83 bits per heavy atom. The van der Waals surface area contributed by atoms with E-state index in [0.717, 1.165) is 32.1 Å². The molecule has 4 nitrogen and oxygen atoms in total. The molecule has 0 heterocycles. The van der Waals surface area contributed by atoms with Gasteiger partial charge in [0.1, 0.15) is 6.61 Å². The molecule has 1 fully saturated rings. The van der Waals surface area contributed by atoms with Gasteiger partial charge in [0.15, 0.2) is 0 Å². The summed E-state index contributed by atoms with van der Waals surface area (Å²) in [6.45, 7) is 7.00. The molecule has 4 heteroatoms. The third-order valence-electron chi connectivity index (χ3n) is 3.82. The van der Waals surface area contributed by atoms with Gasteiger partial charge in [0.25, 0.3) is 0 Å². The summed E-state index contributed by atoms with van der Waals surface area (Å²) in [6.07, 6.45) is 5.17. The average Bonchev–Trinajstić information content (AvgIpc) is 2.69. The highest BCUT2D eigenvalue weighted by Crippen LogP contribution is 2.36. The molecule has 3 unspecified atom stereocenters. The fourth-order valence-corrected chi connectivity index (χ4v) is 2.76. The molecule has 0 spiro atoms. The van der Waals surface area contributed by atoms with Crippen molar-refractivity contribution >= 4 is 5.91 Å². The highest BCUT2D eigenvalue weighted by atomic mass is 16.5. The summed E-state index contributed by atoms with van der Waals surface area (Å²) in [5, 5.41) is 2.95. The molecular weight excluding hydrogens is 228 g/mol. The number of hydrogen-bond donors (Lipinski definition) is 2. The minimum absolute atomic E-state index is 0.0247. The van der Waals surface area contributed by atoms with Crippen molar-refractivity contribution in [1.82, 2.24) is 5.32 Å². The Morgan fingerprint density at radius 1 is 1.61 bits per heavy atom. The Morgan fingerprint density at radius 2 is 2.33 bits per heavy atom. The molecule has 18 heavy (non-hydrogen) atoms. The van der Waals surface area contributed by atoms with Gasteiger partial charge in [-0.1, -0.05) is 20.3 Å². The number of hydrogen-bond acceptors (Lipinski definition) is 3. The minimum atomic E-state index is -0.259. The van der Waals surface area contributed by atoms with Crippen LogP contribution in [0.5, 0.6) is 0 Å². The van der Waals surface area contributed by atoms with Gasteiger partial charge >= 0.3 is 0 Å². The molecule has 1 aliphatic rings. The zero-order valence-corrected chi connectivity index (χ0v) is 12.0. The number of carbonyl (C=O) groups excluding carboxylic acids is 1. The van der Waals surface area contributed by atoms with E-state index in [4.69, 9.17) is 10.5 Å². The van der Waals surface area contributed by atoms with Crippen LogP contribution in [0.25, 0.3) is 0 Å². The lowest BCUT2D eigenvalue weighted by Gasteiger charge is -2.28. The van der Waals surface area contributed by atoms with Crippen molar-refractivity contribution in [3.8, 4) is 0 Å². The smallest absolute Gasteiger partial charge is 0.246 e.